The lowest BCUT2D eigenvalue weighted by atomic mass is 10.0. The SMILES string of the molecule is CCCCCC/C=C\CCCCCCCC(N)CCC[Si](OC)(OC)OC. The van der Waals surface area contributed by atoms with E-state index in [4.69, 9.17) is 19.0 Å². The van der Waals surface area contributed by atoms with Crippen LogP contribution in [0.15, 0.2) is 12.2 Å². The van der Waals surface area contributed by atoms with Crippen molar-refractivity contribution in [1.82, 2.24) is 0 Å². The van der Waals surface area contributed by atoms with Crippen LogP contribution in [-0.2, 0) is 13.3 Å². The normalized spacial score (nSPS) is 13.5. The van der Waals surface area contributed by atoms with Crippen molar-refractivity contribution in [2.24, 2.45) is 5.73 Å². The van der Waals surface area contributed by atoms with Crippen LogP contribution >= 0.6 is 0 Å². The number of hydrogen-bond acceptors (Lipinski definition) is 4. The molecule has 1 atom stereocenters. The molecule has 0 aliphatic carbocycles. The molecular weight excluding hydrogens is 354 g/mol. The first-order valence-electron chi connectivity index (χ1n) is 11.2. The summed E-state index contributed by atoms with van der Waals surface area (Å²) in [4.78, 5) is 0. The summed E-state index contributed by atoms with van der Waals surface area (Å²) in [5, 5.41) is 0. The Hall–Kier alpha value is -0.203. The molecule has 162 valence electrons. The van der Waals surface area contributed by atoms with Gasteiger partial charge in [-0.2, -0.15) is 0 Å². The number of hydrogen-bond donors (Lipinski definition) is 1. The van der Waals surface area contributed by atoms with E-state index in [1.54, 1.807) is 21.3 Å². The summed E-state index contributed by atoms with van der Waals surface area (Å²) in [6.45, 7) is 2.27. The van der Waals surface area contributed by atoms with Crippen LogP contribution in [0.3, 0.4) is 0 Å². The lowest BCUT2D eigenvalue weighted by molar-refractivity contribution is 0.122. The van der Waals surface area contributed by atoms with Crippen molar-refractivity contribution in [2.75, 3.05) is 21.3 Å². The predicted molar refractivity (Wildman–Crippen MR) is 119 cm³/mol. The van der Waals surface area contributed by atoms with Gasteiger partial charge in [-0.15, -0.1) is 0 Å². The highest BCUT2D eigenvalue weighted by atomic mass is 28.4. The smallest absolute Gasteiger partial charge is 0.377 e. The van der Waals surface area contributed by atoms with Gasteiger partial charge in [0, 0.05) is 33.4 Å². The third-order valence-corrected chi connectivity index (χ3v) is 8.16. The van der Waals surface area contributed by atoms with Crippen molar-refractivity contribution in [3.63, 3.8) is 0 Å². The van der Waals surface area contributed by atoms with Gasteiger partial charge in [-0.25, -0.2) is 0 Å². The minimum atomic E-state index is -2.42. The zero-order chi connectivity index (χ0) is 20.2. The van der Waals surface area contributed by atoms with Crippen LogP contribution in [0.1, 0.15) is 96.8 Å². The fourth-order valence-corrected chi connectivity index (χ4v) is 5.15. The molecule has 2 N–H and O–H groups in total. The van der Waals surface area contributed by atoms with Crippen molar-refractivity contribution in [2.45, 2.75) is 109 Å². The highest BCUT2D eigenvalue weighted by Crippen LogP contribution is 2.18. The summed E-state index contributed by atoms with van der Waals surface area (Å²) in [6.07, 6.45) is 22.4. The Labute approximate surface area is 170 Å². The highest BCUT2D eigenvalue weighted by molar-refractivity contribution is 6.60. The van der Waals surface area contributed by atoms with E-state index in [1.807, 2.05) is 0 Å². The van der Waals surface area contributed by atoms with Crippen molar-refractivity contribution < 1.29 is 13.3 Å². The average Bonchev–Trinajstić information content (AvgIpc) is 2.69. The van der Waals surface area contributed by atoms with Crippen LogP contribution < -0.4 is 5.73 Å². The molecule has 0 aromatic carbocycles. The molecule has 0 saturated carbocycles. The van der Waals surface area contributed by atoms with E-state index in [1.165, 1.54) is 70.6 Å². The molecule has 0 fully saturated rings. The third kappa shape index (κ3) is 15.4. The first-order chi connectivity index (χ1) is 13.1. The zero-order valence-corrected chi connectivity index (χ0v) is 19.6. The van der Waals surface area contributed by atoms with E-state index in [2.05, 4.69) is 19.1 Å². The van der Waals surface area contributed by atoms with Crippen LogP contribution in [0.4, 0.5) is 0 Å². The molecular formula is C22H47NO3Si. The molecule has 4 nitrogen and oxygen atoms in total. The molecule has 27 heavy (non-hydrogen) atoms. The van der Waals surface area contributed by atoms with Crippen LogP contribution in [0.5, 0.6) is 0 Å². The summed E-state index contributed by atoms with van der Waals surface area (Å²) in [6, 6.07) is 1.13. The largest absolute Gasteiger partial charge is 0.500 e. The fourth-order valence-electron chi connectivity index (χ4n) is 3.40. The van der Waals surface area contributed by atoms with Gasteiger partial charge >= 0.3 is 8.80 Å². The van der Waals surface area contributed by atoms with E-state index in [9.17, 15) is 0 Å². The summed E-state index contributed by atoms with van der Waals surface area (Å²) < 4.78 is 16.3. The van der Waals surface area contributed by atoms with Crippen LogP contribution in [-0.4, -0.2) is 36.2 Å². The van der Waals surface area contributed by atoms with Crippen molar-refractivity contribution in [3.05, 3.63) is 12.2 Å². The van der Waals surface area contributed by atoms with Crippen LogP contribution in [0.25, 0.3) is 0 Å². The van der Waals surface area contributed by atoms with Crippen LogP contribution in [0.2, 0.25) is 6.04 Å². The predicted octanol–water partition coefficient (Wildman–Crippen LogP) is 6.23. The van der Waals surface area contributed by atoms with Gasteiger partial charge in [-0.1, -0.05) is 64.0 Å². The second kappa shape index (κ2) is 19.1. The molecule has 0 aliphatic heterocycles. The standard InChI is InChI=1S/C22H47NO3Si/c1-5-6-7-8-9-10-11-12-13-14-15-16-17-19-22(23)20-18-21-27(24-2,25-3)26-4/h10-11,22H,5-9,12-21,23H2,1-4H3/b11-10-. The Bertz CT molecular complexity index is 327. The molecule has 0 amide bonds. The number of unbranched alkanes of at least 4 members (excludes halogenated alkanes) is 9. The van der Waals surface area contributed by atoms with Gasteiger partial charge in [-0.3, -0.25) is 0 Å². The topological polar surface area (TPSA) is 53.7 Å². The van der Waals surface area contributed by atoms with E-state index >= 15 is 0 Å². The monoisotopic (exact) mass is 401 g/mol. The molecule has 0 saturated heterocycles. The Kier molecular flexibility index (Phi) is 19.0. The van der Waals surface area contributed by atoms with Crippen molar-refractivity contribution in [1.29, 1.82) is 0 Å². The van der Waals surface area contributed by atoms with Gasteiger partial charge in [0.15, 0.2) is 0 Å². The first kappa shape index (κ1) is 26.8. The van der Waals surface area contributed by atoms with Gasteiger partial charge in [0.2, 0.25) is 0 Å². The lowest BCUT2D eigenvalue weighted by Gasteiger charge is -2.24. The molecule has 5 heteroatoms. The Morgan fingerprint density at radius 2 is 1.19 bits per heavy atom. The molecule has 0 aromatic rings. The van der Waals surface area contributed by atoms with E-state index < -0.39 is 8.80 Å². The van der Waals surface area contributed by atoms with Gasteiger partial charge in [0.25, 0.3) is 0 Å². The minimum Gasteiger partial charge on any atom is -0.377 e. The molecule has 0 heterocycles. The summed E-state index contributed by atoms with van der Waals surface area (Å²) >= 11 is 0. The van der Waals surface area contributed by atoms with Gasteiger partial charge < -0.3 is 19.0 Å². The molecule has 0 rings (SSSR count). The lowest BCUT2D eigenvalue weighted by Crippen LogP contribution is -2.42. The molecule has 0 spiro atoms. The quantitative estimate of drug-likeness (QED) is 0.149. The Morgan fingerprint density at radius 3 is 1.74 bits per heavy atom. The van der Waals surface area contributed by atoms with E-state index in [0.29, 0.717) is 0 Å². The number of allylic oxidation sites excluding steroid dienone is 2. The molecule has 0 radical (unpaired) electrons. The zero-order valence-electron chi connectivity index (χ0n) is 18.6. The van der Waals surface area contributed by atoms with E-state index in [-0.39, 0.29) is 6.04 Å². The number of rotatable bonds is 20. The minimum absolute atomic E-state index is 0.290. The van der Waals surface area contributed by atoms with Crippen molar-refractivity contribution in [3.8, 4) is 0 Å². The summed E-state index contributed by atoms with van der Waals surface area (Å²) in [5.41, 5.74) is 6.25. The molecule has 1 unspecified atom stereocenters. The highest BCUT2D eigenvalue weighted by Gasteiger charge is 2.36. The number of nitrogens with two attached hydrogens (primary N) is 1. The maximum absolute atomic E-state index is 6.25. The van der Waals surface area contributed by atoms with Crippen LogP contribution in [0, 0.1) is 0 Å². The second-order valence-electron chi connectivity index (χ2n) is 7.61. The molecule has 0 aliphatic rings. The second-order valence-corrected chi connectivity index (χ2v) is 10.7. The Morgan fingerprint density at radius 1 is 0.704 bits per heavy atom. The van der Waals surface area contributed by atoms with Crippen molar-refractivity contribution >= 4 is 8.80 Å². The average molecular weight is 402 g/mol. The first-order valence-corrected chi connectivity index (χ1v) is 13.1. The van der Waals surface area contributed by atoms with Gasteiger partial charge in [-0.05, 0) is 44.9 Å². The molecule has 0 aromatic heterocycles. The fraction of sp³-hybridized carbons (Fsp3) is 0.909. The summed E-state index contributed by atoms with van der Waals surface area (Å²) in [7, 11) is 2.59. The van der Waals surface area contributed by atoms with Gasteiger partial charge in [0.05, 0.1) is 0 Å². The Balaban J connectivity index is 3.46. The molecule has 0 bridgehead atoms. The maximum Gasteiger partial charge on any atom is 0.500 e. The summed E-state index contributed by atoms with van der Waals surface area (Å²) in [5.74, 6) is 0. The third-order valence-electron chi connectivity index (χ3n) is 5.33. The van der Waals surface area contributed by atoms with E-state index in [0.717, 1.165) is 25.3 Å². The maximum atomic E-state index is 6.25. The van der Waals surface area contributed by atoms with Gasteiger partial charge in [0.1, 0.15) is 0 Å².